The third kappa shape index (κ3) is 2.74. The van der Waals surface area contributed by atoms with Crippen molar-refractivity contribution in [1.29, 1.82) is 0 Å². The number of ether oxygens (including phenoxy) is 1. The predicted molar refractivity (Wildman–Crippen MR) is 90.6 cm³/mol. The number of hydrogen-bond donors (Lipinski definition) is 0. The maximum Gasteiger partial charge on any atom is 0.253 e. The van der Waals surface area contributed by atoms with Gasteiger partial charge in [-0.3, -0.25) is 9.59 Å². The Kier molecular flexibility index (Phi) is 4.06. The largest absolute Gasteiger partial charge is 0.352 e. The van der Waals surface area contributed by atoms with Gasteiger partial charge in [-0.2, -0.15) is 0 Å². The maximum atomic E-state index is 12.5. The van der Waals surface area contributed by atoms with Crippen molar-refractivity contribution in [3.63, 3.8) is 0 Å². The van der Waals surface area contributed by atoms with E-state index in [1.54, 1.807) is 25.2 Å². The summed E-state index contributed by atoms with van der Waals surface area (Å²) >= 11 is 0. The highest BCUT2D eigenvalue weighted by Gasteiger charge is 2.48. The van der Waals surface area contributed by atoms with Crippen LogP contribution in [0.2, 0.25) is 0 Å². The van der Waals surface area contributed by atoms with Gasteiger partial charge >= 0.3 is 0 Å². The molecule has 0 bridgehead atoms. The summed E-state index contributed by atoms with van der Waals surface area (Å²) in [6.45, 7) is 1.84. The number of aromatic nitrogens is 2. The fourth-order valence-corrected chi connectivity index (χ4v) is 4.16. The molecule has 1 spiro atoms. The van der Waals surface area contributed by atoms with Crippen LogP contribution in [0.5, 0.6) is 0 Å². The minimum Gasteiger partial charge on any atom is -0.352 e. The first-order valence-corrected chi connectivity index (χ1v) is 9.19. The highest BCUT2D eigenvalue weighted by Crippen LogP contribution is 2.41. The van der Waals surface area contributed by atoms with Gasteiger partial charge in [0, 0.05) is 58.3 Å². The number of piperidine rings is 1. The molecule has 7 heteroatoms. The lowest BCUT2D eigenvalue weighted by Crippen LogP contribution is -2.55. The third-order valence-electron chi connectivity index (χ3n) is 5.91. The van der Waals surface area contributed by atoms with E-state index in [0.29, 0.717) is 38.4 Å². The molecule has 136 valence electrons. The standard InChI is InChI=1S/C18H26N4O3/c1-20(2)16(24)14-12-22-11-8-19-17(22)18(25-14)6-9-21(10-7-18)15(23)13-4-3-5-13/h8,11,13-14H,3-7,9-10,12H2,1-2H3/t14-/m0/s1. The number of carbonyl (C=O) groups excluding carboxylic acids is 2. The molecule has 2 amide bonds. The third-order valence-corrected chi connectivity index (χ3v) is 5.91. The smallest absolute Gasteiger partial charge is 0.253 e. The fraction of sp³-hybridized carbons (Fsp3) is 0.722. The van der Waals surface area contributed by atoms with Crippen LogP contribution < -0.4 is 0 Å². The van der Waals surface area contributed by atoms with Gasteiger partial charge in [0.05, 0.1) is 6.54 Å². The van der Waals surface area contributed by atoms with Gasteiger partial charge in [0.25, 0.3) is 5.91 Å². The van der Waals surface area contributed by atoms with Crippen LogP contribution in [-0.4, -0.2) is 64.5 Å². The van der Waals surface area contributed by atoms with E-state index in [1.807, 2.05) is 15.7 Å². The summed E-state index contributed by atoms with van der Waals surface area (Å²) in [5, 5.41) is 0. The molecule has 1 aromatic rings. The minimum absolute atomic E-state index is 0.0216. The summed E-state index contributed by atoms with van der Waals surface area (Å²) in [5.74, 6) is 1.39. The summed E-state index contributed by atoms with van der Waals surface area (Å²) in [6, 6.07) is 0. The number of imidazole rings is 1. The van der Waals surface area contributed by atoms with Gasteiger partial charge in [0.2, 0.25) is 5.91 Å². The molecule has 0 radical (unpaired) electrons. The second-order valence-electron chi connectivity index (χ2n) is 7.69. The maximum absolute atomic E-state index is 12.5. The van der Waals surface area contributed by atoms with Crippen LogP contribution in [-0.2, 0) is 26.5 Å². The second kappa shape index (κ2) is 6.12. The lowest BCUT2D eigenvalue weighted by Gasteiger charge is -2.46. The van der Waals surface area contributed by atoms with Crippen molar-refractivity contribution in [3.05, 3.63) is 18.2 Å². The first-order valence-electron chi connectivity index (χ1n) is 9.19. The molecule has 1 saturated heterocycles. The van der Waals surface area contributed by atoms with E-state index >= 15 is 0 Å². The Balaban J connectivity index is 1.53. The number of hydrogen-bond acceptors (Lipinski definition) is 4. The van der Waals surface area contributed by atoms with E-state index < -0.39 is 11.7 Å². The average Bonchev–Trinajstić information content (AvgIpc) is 3.02. The van der Waals surface area contributed by atoms with E-state index in [1.165, 1.54) is 6.42 Å². The first-order chi connectivity index (χ1) is 12.0. The van der Waals surface area contributed by atoms with Gasteiger partial charge in [0.1, 0.15) is 11.4 Å². The Morgan fingerprint density at radius 1 is 1.28 bits per heavy atom. The Labute approximate surface area is 147 Å². The SMILES string of the molecule is CN(C)C(=O)[C@@H]1Cn2ccnc2C2(CCN(C(=O)C3CCC3)CC2)O1. The summed E-state index contributed by atoms with van der Waals surface area (Å²) in [4.78, 5) is 33.0. The van der Waals surface area contributed by atoms with Crippen molar-refractivity contribution in [2.24, 2.45) is 5.92 Å². The zero-order valence-corrected chi connectivity index (χ0v) is 15.0. The van der Waals surface area contributed by atoms with Crippen LogP contribution >= 0.6 is 0 Å². The quantitative estimate of drug-likeness (QED) is 0.801. The van der Waals surface area contributed by atoms with Crippen LogP contribution in [0.1, 0.15) is 37.9 Å². The van der Waals surface area contributed by atoms with Gasteiger partial charge in [-0.05, 0) is 12.8 Å². The van der Waals surface area contributed by atoms with Crippen LogP contribution in [0.15, 0.2) is 12.4 Å². The molecule has 0 N–H and O–H groups in total. The van der Waals surface area contributed by atoms with Crippen LogP contribution in [0.3, 0.4) is 0 Å². The molecule has 3 aliphatic rings. The molecule has 1 saturated carbocycles. The number of likely N-dealkylation sites (tertiary alicyclic amines) is 1. The number of fused-ring (bicyclic) bond motifs is 2. The molecule has 0 aromatic carbocycles. The van der Waals surface area contributed by atoms with Crippen molar-refractivity contribution < 1.29 is 14.3 Å². The molecule has 1 aliphatic carbocycles. The van der Waals surface area contributed by atoms with Crippen molar-refractivity contribution in [2.45, 2.75) is 50.4 Å². The molecule has 7 nitrogen and oxygen atoms in total. The number of nitrogens with zero attached hydrogens (tertiary/aromatic N) is 4. The molecular formula is C18H26N4O3. The molecule has 25 heavy (non-hydrogen) atoms. The zero-order chi connectivity index (χ0) is 17.6. The van der Waals surface area contributed by atoms with Crippen LogP contribution in [0, 0.1) is 5.92 Å². The molecule has 2 fully saturated rings. The van der Waals surface area contributed by atoms with Crippen LogP contribution in [0.4, 0.5) is 0 Å². The van der Waals surface area contributed by atoms with Gasteiger partial charge in [-0.25, -0.2) is 4.98 Å². The first kappa shape index (κ1) is 16.6. The van der Waals surface area contributed by atoms with Gasteiger partial charge in [-0.15, -0.1) is 0 Å². The Morgan fingerprint density at radius 3 is 2.60 bits per heavy atom. The van der Waals surface area contributed by atoms with E-state index in [2.05, 4.69) is 4.98 Å². The lowest BCUT2D eigenvalue weighted by molar-refractivity contribution is -0.182. The highest BCUT2D eigenvalue weighted by atomic mass is 16.5. The number of rotatable bonds is 2. The topological polar surface area (TPSA) is 67.7 Å². The summed E-state index contributed by atoms with van der Waals surface area (Å²) in [6.07, 6.45) is 7.81. The minimum atomic E-state index is -0.561. The average molecular weight is 346 g/mol. The molecule has 3 heterocycles. The van der Waals surface area contributed by atoms with E-state index in [4.69, 9.17) is 4.74 Å². The fourth-order valence-electron chi connectivity index (χ4n) is 4.16. The number of amides is 2. The van der Waals surface area contributed by atoms with Crippen LogP contribution in [0.25, 0.3) is 0 Å². The summed E-state index contributed by atoms with van der Waals surface area (Å²) < 4.78 is 8.38. The molecular weight excluding hydrogens is 320 g/mol. The predicted octanol–water partition coefficient (Wildman–Crippen LogP) is 0.988. The Bertz CT molecular complexity index is 672. The summed E-state index contributed by atoms with van der Waals surface area (Å²) in [5.41, 5.74) is -0.561. The van der Waals surface area contributed by atoms with E-state index in [0.717, 1.165) is 18.7 Å². The highest BCUT2D eigenvalue weighted by molar-refractivity contribution is 5.81. The normalized spacial score (nSPS) is 25.4. The lowest BCUT2D eigenvalue weighted by atomic mass is 9.82. The van der Waals surface area contributed by atoms with Gasteiger partial charge in [0.15, 0.2) is 6.10 Å². The second-order valence-corrected chi connectivity index (χ2v) is 7.69. The zero-order valence-electron chi connectivity index (χ0n) is 15.0. The van der Waals surface area contributed by atoms with Gasteiger partial charge in [-0.1, -0.05) is 6.42 Å². The number of likely N-dealkylation sites (N-methyl/N-ethyl adjacent to an activating group) is 1. The summed E-state index contributed by atoms with van der Waals surface area (Å²) in [7, 11) is 3.50. The van der Waals surface area contributed by atoms with Crippen molar-refractivity contribution in [3.8, 4) is 0 Å². The van der Waals surface area contributed by atoms with Crippen molar-refractivity contribution in [1.82, 2.24) is 19.4 Å². The molecule has 2 aliphatic heterocycles. The van der Waals surface area contributed by atoms with Crippen molar-refractivity contribution >= 4 is 11.8 Å². The van der Waals surface area contributed by atoms with E-state index in [-0.39, 0.29) is 11.8 Å². The molecule has 0 unspecified atom stereocenters. The monoisotopic (exact) mass is 346 g/mol. The Morgan fingerprint density at radius 2 is 2.00 bits per heavy atom. The number of carbonyl (C=O) groups is 2. The van der Waals surface area contributed by atoms with E-state index in [9.17, 15) is 9.59 Å². The van der Waals surface area contributed by atoms with Crippen molar-refractivity contribution in [2.75, 3.05) is 27.2 Å². The molecule has 1 aromatic heterocycles. The Hall–Kier alpha value is -1.89. The van der Waals surface area contributed by atoms with Gasteiger partial charge < -0.3 is 19.1 Å². The molecule has 1 atom stereocenters. The molecule has 4 rings (SSSR count).